The van der Waals surface area contributed by atoms with Gasteiger partial charge in [-0.3, -0.25) is 4.79 Å². The van der Waals surface area contributed by atoms with Crippen LogP contribution >= 0.6 is 0 Å². The fraction of sp³-hybridized carbons (Fsp3) is 0.286. The second kappa shape index (κ2) is 9.67. The summed E-state index contributed by atoms with van der Waals surface area (Å²) in [6, 6.07) is 22.4. The molecule has 34 heavy (non-hydrogen) atoms. The molecule has 5 nitrogen and oxygen atoms in total. The van der Waals surface area contributed by atoms with Crippen molar-refractivity contribution in [2.75, 3.05) is 18.1 Å². The minimum Gasteiger partial charge on any atom is -0.494 e. The number of aryl methyl sites for hydroxylation is 2. The summed E-state index contributed by atoms with van der Waals surface area (Å²) in [6.45, 7) is 4.03. The Labute approximate surface area is 198 Å². The second-order valence-corrected chi connectivity index (χ2v) is 8.69. The van der Waals surface area contributed by atoms with Crippen molar-refractivity contribution in [3.05, 3.63) is 90.0 Å². The van der Waals surface area contributed by atoms with Crippen LogP contribution in [0.3, 0.4) is 0 Å². The molecule has 1 saturated heterocycles. The van der Waals surface area contributed by atoms with E-state index in [1.807, 2.05) is 30.3 Å². The zero-order valence-corrected chi connectivity index (χ0v) is 19.3. The number of anilines is 1. The van der Waals surface area contributed by atoms with Crippen LogP contribution in [0.2, 0.25) is 0 Å². The van der Waals surface area contributed by atoms with Crippen molar-refractivity contribution < 1.29 is 13.9 Å². The number of benzene rings is 3. The molecule has 0 aliphatic carbocycles. The predicted octanol–water partition coefficient (Wildman–Crippen LogP) is 5.73. The summed E-state index contributed by atoms with van der Waals surface area (Å²) in [6.07, 6.45) is 2.23. The number of amides is 1. The first-order valence-corrected chi connectivity index (χ1v) is 11.8. The van der Waals surface area contributed by atoms with Gasteiger partial charge in [0.2, 0.25) is 5.91 Å². The third kappa shape index (κ3) is 4.53. The highest BCUT2D eigenvalue weighted by molar-refractivity contribution is 5.96. The van der Waals surface area contributed by atoms with Crippen molar-refractivity contribution in [2.45, 2.75) is 38.6 Å². The fourth-order valence-corrected chi connectivity index (χ4v) is 4.63. The molecule has 1 aromatic heterocycles. The van der Waals surface area contributed by atoms with E-state index in [4.69, 9.17) is 9.72 Å². The molecule has 1 aliphatic heterocycles. The lowest BCUT2D eigenvalue weighted by Gasteiger charge is -2.17. The van der Waals surface area contributed by atoms with Crippen LogP contribution in [-0.2, 0) is 17.8 Å². The Bertz CT molecular complexity index is 1280. The van der Waals surface area contributed by atoms with Gasteiger partial charge in [0, 0.05) is 31.1 Å². The van der Waals surface area contributed by atoms with Crippen molar-refractivity contribution in [3.8, 4) is 5.75 Å². The molecule has 1 fully saturated rings. The molecule has 2 heterocycles. The molecule has 0 spiro atoms. The molecule has 0 N–H and O–H groups in total. The summed E-state index contributed by atoms with van der Waals surface area (Å²) < 4.78 is 21.5. The highest BCUT2D eigenvalue weighted by Crippen LogP contribution is 2.33. The molecule has 5 rings (SSSR count). The van der Waals surface area contributed by atoms with Gasteiger partial charge in [0.05, 0.1) is 17.6 Å². The van der Waals surface area contributed by atoms with E-state index in [1.54, 1.807) is 17.0 Å². The van der Waals surface area contributed by atoms with Gasteiger partial charge in [-0.25, -0.2) is 9.37 Å². The number of halogens is 1. The number of carbonyl (C=O) groups is 1. The third-order valence-electron chi connectivity index (χ3n) is 6.44. The normalized spacial score (nSPS) is 15.9. The van der Waals surface area contributed by atoms with E-state index in [0.717, 1.165) is 47.7 Å². The zero-order chi connectivity index (χ0) is 23.5. The summed E-state index contributed by atoms with van der Waals surface area (Å²) in [5.41, 5.74) is 4.01. The number of rotatable bonds is 8. The number of aromatic nitrogens is 2. The van der Waals surface area contributed by atoms with Crippen LogP contribution in [0.4, 0.5) is 10.1 Å². The molecule has 1 atom stereocenters. The van der Waals surface area contributed by atoms with Crippen LogP contribution in [0.1, 0.15) is 37.1 Å². The quantitative estimate of drug-likeness (QED) is 0.318. The first-order valence-electron chi connectivity index (χ1n) is 11.8. The lowest BCUT2D eigenvalue weighted by Crippen LogP contribution is -2.24. The van der Waals surface area contributed by atoms with Gasteiger partial charge in [0.25, 0.3) is 0 Å². The van der Waals surface area contributed by atoms with Crippen LogP contribution in [0, 0.1) is 5.82 Å². The number of carbonyl (C=O) groups excluding carboxylic acids is 1. The molecule has 0 bridgehead atoms. The first-order chi connectivity index (χ1) is 16.6. The highest BCUT2D eigenvalue weighted by atomic mass is 19.1. The molecule has 174 valence electrons. The lowest BCUT2D eigenvalue weighted by atomic mass is 10.1. The fourth-order valence-electron chi connectivity index (χ4n) is 4.63. The third-order valence-corrected chi connectivity index (χ3v) is 6.44. The monoisotopic (exact) mass is 457 g/mol. The Morgan fingerprint density at radius 2 is 1.79 bits per heavy atom. The van der Waals surface area contributed by atoms with Gasteiger partial charge in [0.15, 0.2) is 0 Å². The zero-order valence-electron chi connectivity index (χ0n) is 19.3. The van der Waals surface area contributed by atoms with E-state index in [-0.39, 0.29) is 17.6 Å². The average molecular weight is 458 g/mol. The van der Waals surface area contributed by atoms with E-state index >= 15 is 0 Å². The molecule has 1 aliphatic rings. The van der Waals surface area contributed by atoms with Crippen LogP contribution in [0.25, 0.3) is 11.0 Å². The number of hydrogen-bond acceptors (Lipinski definition) is 3. The Morgan fingerprint density at radius 1 is 1.03 bits per heavy atom. The van der Waals surface area contributed by atoms with Gasteiger partial charge in [0.1, 0.15) is 17.4 Å². The molecule has 0 radical (unpaired) electrons. The number of imidazole rings is 1. The van der Waals surface area contributed by atoms with Crippen molar-refractivity contribution in [1.29, 1.82) is 0 Å². The maximum atomic E-state index is 13.3. The average Bonchev–Trinajstić information content (AvgIpc) is 3.43. The van der Waals surface area contributed by atoms with E-state index in [1.165, 1.54) is 17.7 Å². The van der Waals surface area contributed by atoms with E-state index in [0.29, 0.717) is 19.6 Å². The summed E-state index contributed by atoms with van der Waals surface area (Å²) in [5.74, 6) is 1.51. The Balaban J connectivity index is 1.32. The maximum absolute atomic E-state index is 13.3. The molecule has 1 amide bonds. The topological polar surface area (TPSA) is 47.4 Å². The van der Waals surface area contributed by atoms with Gasteiger partial charge in [-0.1, -0.05) is 31.2 Å². The first kappa shape index (κ1) is 22.1. The summed E-state index contributed by atoms with van der Waals surface area (Å²) in [5, 5.41) is 0. The minimum absolute atomic E-state index is 0.0209. The number of nitrogens with zero attached hydrogens (tertiary/aromatic N) is 3. The predicted molar refractivity (Wildman–Crippen MR) is 132 cm³/mol. The van der Waals surface area contributed by atoms with E-state index in [9.17, 15) is 9.18 Å². The smallest absolute Gasteiger partial charge is 0.227 e. The van der Waals surface area contributed by atoms with Crippen LogP contribution in [0.5, 0.6) is 5.75 Å². The van der Waals surface area contributed by atoms with Crippen molar-refractivity contribution in [2.24, 2.45) is 0 Å². The molecule has 4 aromatic rings. The molecule has 6 heteroatoms. The van der Waals surface area contributed by atoms with Gasteiger partial charge >= 0.3 is 0 Å². The Morgan fingerprint density at radius 3 is 2.56 bits per heavy atom. The molecule has 0 saturated carbocycles. The van der Waals surface area contributed by atoms with Gasteiger partial charge in [-0.15, -0.1) is 0 Å². The van der Waals surface area contributed by atoms with Gasteiger partial charge in [-0.05, 0) is 66.9 Å². The number of ether oxygens (including phenoxy) is 1. The molecule has 3 aromatic carbocycles. The highest BCUT2D eigenvalue weighted by Gasteiger charge is 2.34. The van der Waals surface area contributed by atoms with Gasteiger partial charge in [-0.2, -0.15) is 0 Å². The van der Waals surface area contributed by atoms with E-state index in [2.05, 4.69) is 29.7 Å². The van der Waals surface area contributed by atoms with Crippen LogP contribution in [0.15, 0.2) is 72.8 Å². The lowest BCUT2D eigenvalue weighted by molar-refractivity contribution is -0.117. The Kier molecular flexibility index (Phi) is 6.30. The van der Waals surface area contributed by atoms with Crippen molar-refractivity contribution in [3.63, 3.8) is 0 Å². The standard InChI is InChI=1S/C28H28FN3O2/c1-2-20-8-14-24(15-9-20)34-17-5-16-31-26-7-4-3-6-25(26)30-28(31)21-18-27(33)32(19-21)23-12-10-22(29)11-13-23/h3-4,6-15,21H,2,5,16-19H2,1H3. The SMILES string of the molecule is CCc1ccc(OCCCn2c(C3CC(=O)N(c4ccc(F)cc4)C3)nc3ccccc32)cc1. The minimum atomic E-state index is -0.308. The van der Waals surface area contributed by atoms with E-state index < -0.39 is 0 Å². The van der Waals surface area contributed by atoms with Crippen molar-refractivity contribution >= 4 is 22.6 Å². The Hall–Kier alpha value is -3.67. The summed E-state index contributed by atoms with van der Waals surface area (Å²) >= 11 is 0. The number of hydrogen-bond donors (Lipinski definition) is 0. The number of fused-ring (bicyclic) bond motifs is 1. The summed E-state index contributed by atoms with van der Waals surface area (Å²) in [4.78, 5) is 19.5. The van der Waals surface area contributed by atoms with Gasteiger partial charge < -0.3 is 14.2 Å². The second-order valence-electron chi connectivity index (χ2n) is 8.69. The molecular formula is C28H28FN3O2. The molecular weight excluding hydrogens is 429 g/mol. The van der Waals surface area contributed by atoms with Crippen LogP contribution in [-0.4, -0.2) is 28.6 Å². The largest absolute Gasteiger partial charge is 0.494 e. The van der Waals surface area contributed by atoms with Crippen molar-refractivity contribution in [1.82, 2.24) is 9.55 Å². The molecule has 1 unspecified atom stereocenters. The summed E-state index contributed by atoms with van der Waals surface area (Å²) in [7, 11) is 0. The number of para-hydroxylation sites is 2. The van der Waals surface area contributed by atoms with Crippen LogP contribution < -0.4 is 9.64 Å². The maximum Gasteiger partial charge on any atom is 0.227 e.